The van der Waals surface area contributed by atoms with E-state index in [2.05, 4.69) is 5.32 Å². The molecule has 1 nitrogen and oxygen atoms in total. The van der Waals surface area contributed by atoms with Crippen molar-refractivity contribution < 1.29 is 4.39 Å². The maximum Gasteiger partial charge on any atom is 0.142 e. The van der Waals surface area contributed by atoms with E-state index in [-0.39, 0.29) is 11.1 Å². The van der Waals surface area contributed by atoms with Gasteiger partial charge in [-0.15, -0.1) is 0 Å². The minimum Gasteiger partial charge on any atom is -0.313 e. The molecule has 19 heavy (non-hydrogen) atoms. The highest BCUT2D eigenvalue weighted by Gasteiger charge is 2.12. The van der Waals surface area contributed by atoms with Crippen molar-refractivity contribution in [3.8, 4) is 0 Å². The van der Waals surface area contributed by atoms with Crippen LogP contribution in [0.3, 0.4) is 0 Å². The number of hydrogen-bond acceptors (Lipinski definition) is 1. The van der Waals surface area contributed by atoms with Gasteiger partial charge in [-0.2, -0.15) is 0 Å². The van der Waals surface area contributed by atoms with E-state index in [0.29, 0.717) is 5.02 Å². The fourth-order valence-electron chi connectivity index (χ4n) is 1.97. The standard InChI is InChI=1S/C15H14Cl2FN/c1-19-15(8-10-2-5-12(16)6-3-10)11-4-7-13(17)14(18)9-11/h2-7,9,15,19H,8H2,1H3. The molecule has 1 N–H and O–H groups in total. The third-order valence-electron chi connectivity index (χ3n) is 3.05. The smallest absolute Gasteiger partial charge is 0.142 e. The molecular weight excluding hydrogens is 284 g/mol. The van der Waals surface area contributed by atoms with Crippen LogP contribution in [0.2, 0.25) is 10.0 Å². The fourth-order valence-corrected chi connectivity index (χ4v) is 2.22. The lowest BCUT2D eigenvalue weighted by atomic mass is 9.99. The molecule has 0 aliphatic heterocycles. The highest BCUT2D eigenvalue weighted by atomic mass is 35.5. The van der Waals surface area contributed by atoms with Crippen LogP contribution in [0.1, 0.15) is 17.2 Å². The summed E-state index contributed by atoms with van der Waals surface area (Å²) in [6.45, 7) is 0. The van der Waals surface area contributed by atoms with Crippen molar-refractivity contribution in [1.29, 1.82) is 0 Å². The van der Waals surface area contributed by atoms with Crippen molar-refractivity contribution in [2.75, 3.05) is 7.05 Å². The third-order valence-corrected chi connectivity index (χ3v) is 3.61. The molecule has 0 bridgehead atoms. The van der Waals surface area contributed by atoms with Crippen molar-refractivity contribution in [3.05, 3.63) is 69.5 Å². The summed E-state index contributed by atoms with van der Waals surface area (Å²) >= 11 is 11.6. The van der Waals surface area contributed by atoms with E-state index in [1.807, 2.05) is 37.4 Å². The Hall–Kier alpha value is -1.09. The van der Waals surface area contributed by atoms with Gasteiger partial charge in [0.05, 0.1) is 5.02 Å². The van der Waals surface area contributed by atoms with Gasteiger partial charge in [0, 0.05) is 11.1 Å². The van der Waals surface area contributed by atoms with Gasteiger partial charge in [-0.3, -0.25) is 0 Å². The van der Waals surface area contributed by atoms with E-state index in [1.165, 1.54) is 6.07 Å². The summed E-state index contributed by atoms with van der Waals surface area (Å²) in [5, 5.41) is 4.04. The Morgan fingerprint density at radius 3 is 2.37 bits per heavy atom. The minimum atomic E-state index is -0.393. The molecule has 0 aliphatic carbocycles. The van der Waals surface area contributed by atoms with Crippen LogP contribution < -0.4 is 5.32 Å². The van der Waals surface area contributed by atoms with Gasteiger partial charge in [-0.05, 0) is 48.9 Å². The molecule has 2 aromatic carbocycles. The maximum atomic E-state index is 13.5. The van der Waals surface area contributed by atoms with Crippen molar-refractivity contribution in [1.82, 2.24) is 5.32 Å². The van der Waals surface area contributed by atoms with Gasteiger partial charge in [0.15, 0.2) is 0 Å². The molecule has 100 valence electrons. The Morgan fingerprint density at radius 1 is 1.11 bits per heavy atom. The molecule has 4 heteroatoms. The SMILES string of the molecule is CNC(Cc1ccc(Cl)cc1)c1ccc(Cl)c(F)c1. The number of likely N-dealkylation sites (N-methyl/N-ethyl adjacent to an activating group) is 1. The van der Waals surface area contributed by atoms with Crippen LogP contribution in [0.5, 0.6) is 0 Å². The Kier molecular flexibility index (Phi) is 4.81. The van der Waals surface area contributed by atoms with Crippen LogP contribution in [0.15, 0.2) is 42.5 Å². The van der Waals surface area contributed by atoms with Gasteiger partial charge < -0.3 is 5.32 Å². The van der Waals surface area contributed by atoms with Crippen LogP contribution >= 0.6 is 23.2 Å². The van der Waals surface area contributed by atoms with Crippen LogP contribution in [-0.2, 0) is 6.42 Å². The second-order valence-corrected chi connectivity index (χ2v) is 5.19. The van der Waals surface area contributed by atoms with E-state index < -0.39 is 5.82 Å². The lowest BCUT2D eigenvalue weighted by molar-refractivity contribution is 0.577. The largest absolute Gasteiger partial charge is 0.313 e. The lowest BCUT2D eigenvalue weighted by Gasteiger charge is -2.17. The van der Waals surface area contributed by atoms with Crippen LogP contribution in [0.25, 0.3) is 0 Å². The van der Waals surface area contributed by atoms with E-state index in [1.54, 1.807) is 6.07 Å². The summed E-state index contributed by atoms with van der Waals surface area (Å²) in [6.07, 6.45) is 0.759. The maximum absolute atomic E-state index is 13.5. The Balaban J connectivity index is 2.19. The van der Waals surface area contributed by atoms with E-state index in [0.717, 1.165) is 17.5 Å². The average Bonchev–Trinajstić information content (AvgIpc) is 2.41. The normalized spacial score (nSPS) is 12.4. The van der Waals surface area contributed by atoms with Gasteiger partial charge in [0.1, 0.15) is 5.82 Å². The zero-order valence-electron chi connectivity index (χ0n) is 10.5. The summed E-state index contributed by atoms with van der Waals surface area (Å²) in [5.41, 5.74) is 2.01. The van der Waals surface area contributed by atoms with Crippen LogP contribution in [0.4, 0.5) is 4.39 Å². The summed E-state index contributed by atoms with van der Waals surface area (Å²) in [4.78, 5) is 0. The molecule has 0 amide bonds. The zero-order chi connectivity index (χ0) is 13.8. The summed E-state index contributed by atoms with van der Waals surface area (Å²) in [7, 11) is 1.85. The van der Waals surface area contributed by atoms with Crippen molar-refractivity contribution >= 4 is 23.2 Å². The minimum absolute atomic E-state index is 0.0351. The predicted molar refractivity (Wildman–Crippen MR) is 78.4 cm³/mol. The average molecular weight is 298 g/mol. The second-order valence-electron chi connectivity index (χ2n) is 4.35. The van der Waals surface area contributed by atoms with E-state index in [4.69, 9.17) is 23.2 Å². The molecule has 2 rings (SSSR count). The quantitative estimate of drug-likeness (QED) is 0.867. The van der Waals surface area contributed by atoms with Crippen LogP contribution in [-0.4, -0.2) is 7.05 Å². The highest BCUT2D eigenvalue weighted by Crippen LogP contribution is 2.23. The molecule has 0 heterocycles. The van der Waals surface area contributed by atoms with Gasteiger partial charge >= 0.3 is 0 Å². The first-order valence-electron chi connectivity index (χ1n) is 5.97. The molecule has 1 atom stereocenters. The molecule has 0 aromatic heterocycles. The molecule has 2 aromatic rings. The Bertz CT molecular complexity index is 555. The second kappa shape index (κ2) is 6.38. The molecule has 0 spiro atoms. The van der Waals surface area contributed by atoms with Gasteiger partial charge in [-0.1, -0.05) is 41.4 Å². The van der Waals surface area contributed by atoms with Crippen molar-refractivity contribution in [3.63, 3.8) is 0 Å². The first kappa shape index (κ1) is 14.3. The van der Waals surface area contributed by atoms with Gasteiger partial charge in [0.2, 0.25) is 0 Å². The molecule has 0 radical (unpaired) electrons. The molecule has 0 saturated heterocycles. The van der Waals surface area contributed by atoms with Crippen molar-refractivity contribution in [2.24, 2.45) is 0 Å². The molecule has 1 unspecified atom stereocenters. The zero-order valence-corrected chi connectivity index (χ0v) is 12.0. The van der Waals surface area contributed by atoms with Crippen molar-refractivity contribution in [2.45, 2.75) is 12.5 Å². The lowest BCUT2D eigenvalue weighted by Crippen LogP contribution is -2.19. The monoisotopic (exact) mass is 297 g/mol. The fraction of sp³-hybridized carbons (Fsp3) is 0.200. The Morgan fingerprint density at radius 2 is 1.79 bits per heavy atom. The predicted octanol–water partition coefficient (Wildman–Crippen LogP) is 4.64. The first-order valence-corrected chi connectivity index (χ1v) is 6.72. The topological polar surface area (TPSA) is 12.0 Å². The number of nitrogens with one attached hydrogen (secondary N) is 1. The number of rotatable bonds is 4. The third kappa shape index (κ3) is 3.69. The number of halogens is 3. The molecule has 0 aliphatic rings. The summed E-state index contributed by atoms with van der Waals surface area (Å²) in [5.74, 6) is -0.393. The molecule has 0 fully saturated rings. The number of benzene rings is 2. The Labute approximate surface area is 122 Å². The molecule has 0 saturated carbocycles. The number of hydrogen-bond donors (Lipinski definition) is 1. The van der Waals surface area contributed by atoms with Gasteiger partial charge in [-0.25, -0.2) is 4.39 Å². The molecular formula is C15H14Cl2FN. The summed E-state index contributed by atoms with van der Waals surface area (Å²) < 4.78 is 13.5. The highest BCUT2D eigenvalue weighted by molar-refractivity contribution is 6.30. The van der Waals surface area contributed by atoms with Crippen LogP contribution in [0, 0.1) is 5.82 Å². The first-order chi connectivity index (χ1) is 9.10. The summed E-state index contributed by atoms with van der Waals surface area (Å²) in [6, 6.07) is 12.6. The van der Waals surface area contributed by atoms with E-state index in [9.17, 15) is 4.39 Å². The van der Waals surface area contributed by atoms with E-state index >= 15 is 0 Å². The van der Waals surface area contributed by atoms with Gasteiger partial charge in [0.25, 0.3) is 0 Å².